The summed E-state index contributed by atoms with van der Waals surface area (Å²) >= 11 is 0. The lowest BCUT2D eigenvalue weighted by molar-refractivity contribution is 0.0946. The van der Waals surface area contributed by atoms with Gasteiger partial charge < -0.3 is 19.8 Å². The van der Waals surface area contributed by atoms with Crippen LogP contribution >= 0.6 is 0 Å². The Morgan fingerprint density at radius 3 is 2.59 bits per heavy atom. The summed E-state index contributed by atoms with van der Waals surface area (Å²) in [7, 11) is 0. The smallest absolute Gasteiger partial charge is 0.259 e. The first-order chi connectivity index (χ1) is 14.0. The molecule has 2 aromatic carbocycles. The largest absolute Gasteiger partial charge is 0.492 e. The van der Waals surface area contributed by atoms with E-state index in [0.29, 0.717) is 47.4 Å². The van der Waals surface area contributed by atoms with Crippen molar-refractivity contribution in [3.05, 3.63) is 83.8 Å². The van der Waals surface area contributed by atoms with Gasteiger partial charge in [-0.25, -0.2) is 0 Å². The fourth-order valence-corrected chi connectivity index (χ4v) is 2.66. The highest BCUT2D eigenvalue weighted by Crippen LogP contribution is 2.21. The van der Waals surface area contributed by atoms with Gasteiger partial charge in [0.1, 0.15) is 11.5 Å². The molecule has 29 heavy (non-hydrogen) atoms. The number of furan rings is 1. The third kappa shape index (κ3) is 5.72. The molecule has 0 atom stereocenters. The van der Waals surface area contributed by atoms with Crippen LogP contribution in [0.3, 0.4) is 0 Å². The summed E-state index contributed by atoms with van der Waals surface area (Å²) in [6.07, 6.45) is 1.56. The fourth-order valence-electron chi connectivity index (χ4n) is 2.66. The Hall–Kier alpha value is -3.54. The van der Waals surface area contributed by atoms with Crippen LogP contribution in [0.25, 0.3) is 0 Å². The molecule has 0 aliphatic carbocycles. The molecule has 1 heterocycles. The summed E-state index contributed by atoms with van der Waals surface area (Å²) in [5, 5.41) is 5.62. The average Bonchev–Trinajstić information content (AvgIpc) is 3.24. The molecule has 3 aromatic rings. The van der Waals surface area contributed by atoms with Crippen LogP contribution in [0.5, 0.6) is 5.75 Å². The van der Waals surface area contributed by atoms with Crippen LogP contribution in [0.2, 0.25) is 0 Å². The molecule has 6 heteroatoms. The highest BCUT2D eigenvalue weighted by Gasteiger charge is 2.14. The molecular formula is C23H24N2O4. The van der Waals surface area contributed by atoms with Crippen LogP contribution in [0.15, 0.2) is 71.3 Å². The quantitative estimate of drug-likeness (QED) is 0.592. The molecule has 6 nitrogen and oxygen atoms in total. The van der Waals surface area contributed by atoms with Gasteiger partial charge in [0.05, 0.1) is 25.0 Å². The molecule has 0 aliphatic rings. The van der Waals surface area contributed by atoms with Crippen molar-refractivity contribution in [3.8, 4) is 5.75 Å². The maximum absolute atomic E-state index is 12.7. The maximum Gasteiger partial charge on any atom is 0.259 e. The predicted molar refractivity (Wildman–Crippen MR) is 111 cm³/mol. The number of hydrogen-bond acceptors (Lipinski definition) is 4. The molecule has 0 saturated heterocycles. The van der Waals surface area contributed by atoms with Crippen LogP contribution in [-0.2, 0) is 6.54 Å². The summed E-state index contributed by atoms with van der Waals surface area (Å²) in [5.74, 6) is 1.00. The van der Waals surface area contributed by atoms with E-state index in [-0.39, 0.29) is 11.8 Å². The average molecular weight is 392 g/mol. The summed E-state index contributed by atoms with van der Waals surface area (Å²) in [4.78, 5) is 25.1. The van der Waals surface area contributed by atoms with Crippen LogP contribution in [0.1, 0.15) is 40.3 Å². The minimum absolute atomic E-state index is 0.252. The molecule has 0 radical (unpaired) electrons. The Labute approximate surface area is 169 Å². The van der Waals surface area contributed by atoms with Gasteiger partial charge in [0.2, 0.25) is 0 Å². The first-order valence-electron chi connectivity index (χ1n) is 9.46. The zero-order valence-electron chi connectivity index (χ0n) is 16.5. The molecule has 3 rings (SSSR count). The Bertz CT molecular complexity index is 965. The minimum Gasteiger partial charge on any atom is -0.492 e. The molecular weight excluding hydrogens is 368 g/mol. The lowest BCUT2D eigenvalue weighted by Gasteiger charge is -2.13. The van der Waals surface area contributed by atoms with Gasteiger partial charge in [-0.05, 0) is 48.4 Å². The van der Waals surface area contributed by atoms with Gasteiger partial charge in [0.25, 0.3) is 11.8 Å². The Balaban J connectivity index is 1.67. The Kier molecular flexibility index (Phi) is 6.68. The van der Waals surface area contributed by atoms with E-state index in [1.165, 1.54) is 0 Å². The number of anilines is 1. The van der Waals surface area contributed by atoms with Gasteiger partial charge in [0, 0.05) is 11.3 Å². The topological polar surface area (TPSA) is 80.6 Å². The highest BCUT2D eigenvalue weighted by atomic mass is 16.5. The number of nitrogens with one attached hydrogen (secondary N) is 2. The van der Waals surface area contributed by atoms with Crippen molar-refractivity contribution in [3.63, 3.8) is 0 Å². The number of amides is 2. The normalized spacial score (nSPS) is 10.6. The third-order valence-corrected chi connectivity index (χ3v) is 4.09. The molecule has 0 bridgehead atoms. The van der Waals surface area contributed by atoms with E-state index in [9.17, 15) is 9.59 Å². The number of benzene rings is 2. The second-order valence-corrected chi connectivity index (χ2v) is 7.00. The third-order valence-electron chi connectivity index (χ3n) is 4.09. The second kappa shape index (κ2) is 9.59. The molecule has 0 saturated carbocycles. The lowest BCUT2D eigenvalue weighted by atomic mass is 10.1. The van der Waals surface area contributed by atoms with Gasteiger partial charge in [-0.15, -0.1) is 0 Å². The van der Waals surface area contributed by atoms with E-state index in [1.54, 1.807) is 60.9 Å². The van der Waals surface area contributed by atoms with E-state index in [2.05, 4.69) is 10.6 Å². The zero-order chi connectivity index (χ0) is 20.6. The van der Waals surface area contributed by atoms with Crippen molar-refractivity contribution in [2.45, 2.75) is 20.4 Å². The van der Waals surface area contributed by atoms with Crippen LogP contribution < -0.4 is 15.4 Å². The first kappa shape index (κ1) is 20.2. The van der Waals surface area contributed by atoms with Crippen molar-refractivity contribution in [2.75, 3.05) is 11.9 Å². The van der Waals surface area contributed by atoms with E-state index in [1.807, 2.05) is 19.9 Å². The second-order valence-electron chi connectivity index (χ2n) is 7.00. The predicted octanol–water partition coefficient (Wildman–Crippen LogP) is 4.50. The van der Waals surface area contributed by atoms with Crippen molar-refractivity contribution >= 4 is 17.5 Å². The number of para-hydroxylation sites is 1. The lowest BCUT2D eigenvalue weighted by Crippen LogP contribution is -2.22. The molecule has 150 valence electrons. The molecule has 2 amide bonds. The monoisotopic (exact) mass is 392 g/mol. The van der Waals surface area contributed by atoms with Gasteiger partial charge in [-0.3, -0.25) is 9.59 Å². The van der Waals surface area contributed by atoms with Gasteiger partial charge in [0.15, 0.2) is 0 Å². The van der Waals surface area contributed by atoms with Gasteiger partial charge in [-0.2, -0.15) is 0 Å². The molecule has 0 unspecified atom stereocenters. The first-order valence-corrected chi connectivity index (χ1v) is 9.46. The molecule has 0 aliphatic heterocycles. The van der Waals surface area contributed by atoms with Crippen LogP contribution in [0, 0.1) is 5.92 Å². The van der Waals surface area contributed by atoms with Crippen molar-refractivity contribution in [1.29, 1.82) is 0 Å². The molecule has 0 spiro atoms. The van der Waals surface area contributed by atoms with E-state index < -0.39 is 0 Å². The number of ether oxygens (including phenoxy) is 1. The SMILES string of the molecule is CC(C)COc1ccccc1C(=O)Nc1cccc(C(=O)NCc2ccco2)c1. The maximum atomic E-state index is 12.7. The fraction of sp³-hybridized carbons (Fsp3) is 0.217. The summed E-state index contributed by atoms with van der Waals surface area (Å²) in [5.41, 5.74) is 1.42. The van der Waals surface area contributed by atoms with E-state index in [0.717, 1.165) is 0 Å². The molecule has 1 aromatic heterocycles. The molecule has 2 N–H and O–H groups in total. The van der Waals surface area contributed by atoms with Crippen LogP contribution in [0.4, 0.5) is 5.69 Å². The highest BCUT2D eigenvalue weighted by molar-refractivity contribution is 6.06. The summed E-state index contributed by atoms with van der Waals surface area (Å²) in [6, 6.07) is 17.4. The minimum atomic E-state index is -0.294. The summed E-state index contributed by atoms with van der Waals surface area (Å²) in [6.45, 7) is 4.91. The van der Waals surface area contributed by atoms with E-state index in [4.69, 9.17) is 9.15 Å². The Morgan fingerprint density at radius 2 is 1.83 bits per heavy atom. The number of hydrogen-bond donors (Lipinski definition) is 2. The number of rotatable bonds is 8. The number of carbonyl (C=O) groups is 2. The van der Waals surface area contributed by atoms with Crippen molar-refractivity contribution in [2.24, 2.45) is 5.92 Å². The van der Waals surface area contributed by atoms with Gasteiger partial charge in [-0.1, -0.05) is 32.0 Å². The van der Waals surface area contributed by atoms with Crippen molar-refractivity contribution < 1.29 is 18.7 Å². The standard InChI is InChI=1S/C23H24N2O4/c1-16(2)15-29-21-11-4-3-10-20(21)23(27)25-18-8-5-7-17(13-18)22(26)24-14-19-9-6-12-28-19/h3-13,16H,14-15H2,1-2H3,(H,24,26)(H,25,27). The zero-order valence-corrected chi connectivity index (χ0v) is 16.5. The van der Waals surface area contributed by atoms with Crippen molar-refractivity contribution in [1.82, 2.24) is 5.32 Å². The summed E-state index contributed by atoms with van der Waals surface area (Å²) < 4.78 is 11.0. The number of carbonyl (C=O) groups excluding carboxylic acids is 2. The Morgan fingerprint density at radius 1 is 1.00 bits per heavy atom. The van der Waals surface area contributed by atoms with E-state index >= 15 is 0 Å². The van der Waals surface area contributed by atoms with Crippen LogP contribution in [-0.4, -0.2) is 18.4 Å². The van der Waals surface area contributed by atoms with Gasteiger partial charge >= 0.3 is 0 Å². The molecule has 0 fully saturated rings.